The van der Waals surface area contributed by atoms with Crippen molar-refractivity contribution < 1.29 is 31.9 Å². The van der Waals surface area contributed by atoms with Crippen molar-refractivity contribution in [1.82, 2.24) is 0 Å². The lowest BCUT2D eigenvalue weighted by Crippen LogP contribution is -2.25. The summed E-state index contributed by atoms with van der Waals surface area (Å²) in [5.41, 5.74) is -0.00425. The molecule has 1 fully saturated rings. The second-order valence-electron chi connectivity index (χ2n) is 5.37. The number of esters is 1. The SMILES string of the molecule is CC(=O)Oc1c(N2CCCS2(=O)=O)oc(-c2cc(F)ccc2Cl)c1O. The molecule has 25 heavy (non-hydrogen) atoms. The van der Waals surface area contributed by atoms with Crippen LogP contribution in [0.15, 0.2) is 22.6 Å². The second kappa shape index (κ2) is 6.23. The van der Waals surface area contributed by atoms with Gasteiger partial charge in [0.2, 0.25) is 21.5 Å². The molecule has 0 radical (unpaired) electrons. The first-order valence-corrected chi connectivity index (χ1v) is 9.19. The van der Waals surface area contributed by atoms with Gasteiger partial charge >= 0.3 is 5.97 Å². The first kappa shape index (κ1) is 17.6. The fraction of sp³-hybridized carbons (Fsp3) is 0.267. The minimum atomic E-state index is -3.67. The number of furan rings is 1. The van der Waals surface area contributed by atoms with Gasteiger partial charge in [-0.3, -0.25) is 4.79 Å². The topological polar surface area (TPSA) is 97.0 Å². The highest BCUT2D eigenvalue weighted by atomic mass is 35.5. The molecule has 0 aliphatic carbocycles. The van der Waals surface area contributed by atoms with E-state index < -0.39 is 33.3 Å². The molecule has 1 aliphatic rings. The van der Waals surface area contributed by atoms with Crippen molar-refractivity contribution in [2.24, 2.45) is 0 Å². The van der Waals surface area contributed by atoms with E-state index in [-0.39, 0.29) is 34.5 Å². The van der Waals surface area contributed by atoms with E-state index in [1.807, 2.05) is 0 Å². The molecule has 2 heterocycles. The average Bonchev–Trinajstić information content (AvgIpc) is 3.02. The molecule has 0 unspecified atom stereocenters. The number of hydrogen-bond donors (Lipinski definition) is 1. The summed E-state index contributed by atoms with van der Waals surface area (Å²) in [7, 11) is -3.67. The van der Waals surface area contributed by atoms with Crippen LogP contribution in [0.4, 0.5) is 10.3 Å². The molecule has 0 spiro atoms. The minimum Gasteiger partial charge on any atom is -0.502 e. The molecule has 1 aromatic heterocycles. The van der Waals surface area contributed by atoms with E-state index >= 15 is 0 Å². The lowest BCUT2D eigenvalue weighted by atomic mass is 10.1. The Hall–Kier alpha value is -2.26. The van der Waals surface area contributed by atoms with Crippen molar-refractivity contribution in [2.45, 2.75) is 13.3 Å². The summed E-state index contributed by atoms with van der Waals surface area (Å²) >= 11 is 6.01. The van der Waals surface area contributed by atoms with Gasteiger partial charge in [-0.1, -0.05) is 11.6 Å². The standard InChI is InChI=1S/C15H13ClFNO6S/c1-8(19)23-14-12(20)13(10-7-9(17)3-4-11(10)16)24-15(14)18-5-2-6-25(18,21)22/h3-4,7,20H,2,5-6H2,1H3. The van der Waals surface area contributed by atoms with Crippen LogP contribution in [0.2, 0.25) is 5.02 Å². The largest absolute Gasteiger partial charge is 0.502 e. The van der Waals surface area contributed by atoms with Crippen molar-refractivity contribution in [3.63, 3.8) is 0 Å². The third-order valence-corrected chi connectivity index (χ3v) is 5.72. The van der Waals surface area contributed by atoms with Gasteiger partial charge < -0.3 is 14.3 Å². The van der Waals surface area contributed by atoms with Crippen molar-refractivity contribution >= 4 is 33.5 Å². The number of sulfonamides is 1. The van der Waals surface area contributed by atoms with E-state index in [0.717, 1.165) is 23.4 Å². The quantitative estimate of drug-likeness (QED) is 0.811. The van der Waals surface area contributed by atoms with Gasteiger partial charge in [-0.25, -0.2) is 17.1 Å². The molecule has 1 aromatic carbocycles. The van der Waals surface area contributed by atoms with Crippen LogP contribution in [0.1, 0.15) is 13.3 Å². The summed E-state index contributed by atoms with van der Waals surface area (Å²) in [6.45, 7) is 1.18. The van der Waals surface area contributed by atoms with Gasteiger partial charge in [-0.15, -0.1) is 0 Å². The van der Waals surface area contributed by atoms with Crippen LogP contribution in [0.5, 0.6) is 11.5 Å². The van der Waals surface area contributed by atoms with Crippen molar-refractivity contribution in [2.75, 3.05) is 16.6 Å². The van der Waals surface area contributed by atoms with Crippen LogP contribution in [0.25, 0.3) is 11.3 Å². The van der Waals surface area contributed by atoms with Crippen LogP contribution < -0.4 is 9.04 Å². The molecule has 3 rings (SSSR count). The van der Waals surface area contributed by atoms with Gasteiger partial charge in [0.15, 0.2) is 5.76 Å². The number of ether oxygens (including phenoxy) is 1. The number of aromatic hydroxyl groups is 1. The molecule has 0 bridgehead atoms. The van der Waals surface area contributed by atoms with Gasteiger partial charge in [0, 0.05) is 19.0 Å². The number of anilines is 1. The van der Waals surface area contributed by atoms with Gasteiger partial charge in [-0.2, -0.15) is 0 Å². The number of halogens is 2. The summed E-state index contributed by atoms with van der Waals surface area (Å²) in [6.07, 6.45) is 0.347. The van der Waals surface area contributed by atoms with E-state index in [1.54, 1.807) is 0 Å². The molecule has 0 saturated carbocycles. The van der Waals surface area contributed by atoms with E-state index in [2.05, 4.69) is 0 Å². The zero-order valence-corrected chi connectivity index (χ0v) is 14.5. The number of benzene rings is 1. The molecule has 1 N–H and O–H groups in total. The zero-order chi connectivity index (χ0) is 18.4. The van der Waals surface area contributed by atoms with Crippen LogP contribution in [-0.2, 0) is 14.8 Å². The van der Waals surface area contributed by atoms with Crippen LogP contribution >= 0.6 is 11.6 Å². The van der Waals surface area contributed by atoms with E-state index in [9.17, 15) is 22.7 Å². The fourth-order valence-electron chi connectivity index (χ4n) is 2.52. The molecule has 0 amide bonds. The lowest BCUT2D eigenvalue weighted by Gasteiger charge is -2.14. The first-order valence-electron chi connectivity index (χ1n) is 7.20. The highest BCUT2D eigenvalue weighted by molar-refractivity contribution is 7.93. The predicted molar refractivity (Wildman–Crippen MR) is 87.8 cm³/mol. The molecule has 1 saturated heterocycles. The van der Waals surface area contributed by atoms with Crippen LogP contribution in [-0.4, -0.2) is 31.8 Å². The zero-order valence-electron chi connectivity index (χ0n) is 13.0. The van der Waals surface area contributed by atoms with E-state index in [0.29, 0.717) is 6.42 Å². The third kappa shape index (κ3) is 3.16. The number of rotatable bonds is 3. The molecule has 10 heteroatoms. The highest BCUT2D eigenvalue weighted by Crippen LogP contribution is 2.50. The highest BCUT2D eigenvalue weighted by Gasteiger charge is 2.37. The molecule has 1 aliphatic heterocycles. The molecule has 2 aromatic rings. The van der Waals surface area contributed by atoms with Gasteiger partial charge in [0.05, 0.1) is 10.8 Å². The molecular weight excluding hydrogens is 377 g/mol. The Kier molecular flexibility index (Phi) is 4.38. The molecule has 0 atom stereocenters. The van der Waals surface area contributed by atoms with E-state index in [4.69, 9.17) is 20.8 Å². The molecule has 134 valence electrons. The fourth-order valence-corrected chi connectivity index (χ4v) is 4.22. The van der Waals surface area contributed by atoms with Gasteiger partial charge in [-0.05, 0) is 24.6 Å². The maximum Gasteiger partial charge on any atom is 0.308 e. The summed E-state index contributed by atoms with van der Waals surface area (Å²) in [5.74, 6) is -3.26. The van der Waals surface area contributed by atoms with Crippen molar-refractivity contribution in [3.8, 4) is 22.8 Å². The number of carbonyl (C=O) groups is 1. The Bertz CT molecular complexity index is 955. The first-order chi connectivity index (χ1) is 11.7. The van der Waals surface area contributed by atoms with Crippen LogP contribution in [0.3, 0.4) is 0 Å². The number of hydrogen-bond acceptors (Lipinski definition) is 6. The monoisotopic (exact) mass is 389 g/mol. The Labute approximate surface area is 147 Å². The Morgan fingerprint density at radius 3 is 2.76 bits per heavy atom. The maximum atomic E-state index is 13.5. The molecule has 7 nitrogen and oxygen atoms in total. The van der Waals surface area contributed by atoms with Gasteiger partial charge in [0.25, 0.3) is 5.88 Å². The van der Waals surface area contributed by atoms with Crippen molar-refractivity contribution in [1.29, 1.82) is 0 Å². The summed E-state index contributed by atoms with van der Waals surface area (Å²) in [4.78, 5) is 11.3. The Balaban J connectivity index is 2.22. The predicted octanol–water partition coefficient (Wildman–Crippen LogP) is 2.91. The number of nitrogens with zero attached hydrogens (tertiary/aromatic N) is 1. The van der Waals surface area contributed by atoms with E-state index in [1.165, 1.54) is 6.07 Å². The second-order valence-corrected chi connectivity index (χ2v) is 7.79. The average molecular weight is 390 g/mol. The molecular formula is C15H13ClFNO6S. The normalized spacial score (nSPS) is 16.2. The van der Waals surface area contributed by atoms with Gasteiger partial charge in [0.1, 0.15) is 5.82 Å². The Morgan fingerprint density at radius 1 is 1.44 bits per heavy atom. The Morgan fingerprint density at radius 2 is 2.16 bits per heavy atom. The minimum absolute atomic E-state index is 0.00425. The summed E-state index contributed by atoms with van der Waals surface area (Å²) < 4.78 is 49.1. The third-order valence-electron chi connectivity index (χ3n) is 3.57. The maximum absolute atomic E-state index is 13.5. The smallest absolute Gasteiger partial charge is 0.308 e. The van der Waals surface area contributed by atoms with Crippen molar-refractivity contribution in [3.05, 3.63) is 29.0 Å². The lowest BCUT2D eigenvalue weighted by molar-refractivity contribution is -0.132. The summed E-state index contributed by atoms with van der Waals surface area (Å²) in [6, 6.07) is 3.39. The summed E-state index contributed by atoms with van der Waals surface area (Å²) in [5, 5.41) is 10.4. The number of carbonyl (C=O) groups excluding carboxylic acids is 1. The van der Waals surface area contributed by atoms with Crippen LogP contribution in [0, 0.1) is 5.82 Å².